The van der Waals surface area contributed by atoms with Gasteiger partial charge < -0.3 is 10.2 Å². The number of nitrogens with zero attached hydrogens (tertiary/aromatic N) is 2. The number of sulfonamides is 1. The standard InChI is InChI=1S/C34H37N3O4S/c1-25-15-13-21-31(27(25)3)37(42(40,41)30-19-9-6-10-20-30)24-33(38)36(23-29-18-12-11-14-26(29)2)32(34(39)35-4)22-28-16-7-5-8-17-28/h5-21,32H,22-24H2,1-4H3,(H,35,39)/t32-/m1/s1. The molecule has 4 rings (SSSR count). The predicted octanol–water partition coefficient (Wildman–Crippen LogP) is 5.19. The van der Waals surface area contributed by atoms with E-state index >= 15 is 0 Å². The number of likely N-dealkylation sites (N-methyl/N-ethyl adjacent to an activating group) is 1. The van der Waals surface area contributed by atoms with Gasteiger partial charge in [-0.25, -0.2) is 8.42 Å². The van der Waals surface area contributed by atoms with Gasteiger partial charge in [-0.15, -0.1) is 0 Å². The van der Waals surface area contributed by atoms with Gasteiger partial charge in [0.25, 0.3) is 10.0 Å². The molecule has 8 heteroatoms. The summed E-state index contributed by atoms with van der Waals surface area (Å²) in [7, 11) is -2.59. The SMILES string of the molecule is CNC(=O)[C@@H](Cc1ccccc1)N(Cc1ccccc1C)C(=O)CN(c1cccc(C)c1C)S(=O)(=O)c1ccccc1. The maximum absolute atomic E-state index is 14.4. The normalized spacial score (nSPS) is 11.9. The monoisotopic (exact) mass is 583 g/mol. The molecule has 0 fully saturated rings. The molecule has 4 aromatic rings. The van der Waals surface area contributed by atoms with E-state index in [1.54, 1.807) is 37.4 Å². The molecule has 0 aliphatic heterocycles. The van der Waals surface area contributed by atoms with Gasteiger partial charge in [-0.2, -0.15) is 0 Å². The van der Waals surface area contributed by atoms with E-state index in [9.17, 15) is 18.0 Å². The van der Waals surface area contributed by atoms with Crippen LogP contribution in [0.3, 0.4) is 0 Å². The highest BCUT2D eigenvalue weighted by atomic mass is 32.2. The Balaban J connectivity index is 1.82. The van der Waals surface area contributed by atoms with Gasteiger partial charge in [0.1, 0.15) is 12.6 Å². The highest BCUT2D eigenvalue weighted by molar-refractivity contribution is 7.92. The van der Waals surface area contributed by atoms with Gasteiger partial charge in [0.15, 0.2) is 0 Å². The van der Waals surface area contributed by atoms with Crippen molar-refractivity contribution in [2.45, 2.75) is 44.7 Å². The Kier molecular flexibility index (Phi) is 9.80. The number of aryl methyl sites for hydroxylation is 2. The minimum atomic E-state index is -4.13. The lowest BCUT2D eigenvalue weighted by atomic mass is 10.0. The second-order valence-corrected chi connectivity index (χ2v) is 12.2. The summed E-state index contributed by atoms with van der Waals surface area (Å²) in [5, 5.41) is 2.71. The van der Waals surface area contributed by atoms with Crippen LogP contribution in [0, 0.1) is 20.8 Å². The molecule has 218 valence electrons. The molecule has 1 atom stereocenters. The van der Waals surface area contributed by atoms with Crippen LogP contribution in [-0.4, -0.2) is 44.8 Å². The fourth-order valence-electron chi connectivity index (χ4n) is 4.93. The summed E-state index contributed by atoms with van der Waals surface area (Å²) in [4.78, 5) is 29.4. The zero-order chi connectivity index (χ0) is 30.3. The van der Waals surface area contributed by atoms with Gasteiger partial charge in [-0.1, -0.05) is 84.9 Å². The molecule has 2 amide bonds. The van der Waals surface area contributed by atoms with Gasteiger partial charge >= 0.3 is 0 Å². The van der Waals surface area contributed by atoms with Crippen LogP contribution >= 0.6 is 0 Å². The molecule has 0 radical (unpaired) electrons. The van der Waals surface area contributed by atoms with Crippen molar-refractivity contribution in [3.8, 4) is 0 Å². The second kappa shape index (κ2) is 13.5. The summed E-state index contributed by atoms with van der Waals surface area (Å²) in [5.74, 6) is -0.812. The van der Waals surface area contributed by atoms with Crippen molar-refractivity contribution in [3.05, 3.63) is 131 Å². The number of benzene rings is 4. The van der Waals surface area contributed by atoms with Crippen LogP contribution in [-0.2, 0) is 32.6 Å². The number of carbonyl (C=O) groups excluding carboxylic acids is 2. The number of hydrogen-bond donors (Lipinski definition) is 1. The van der Waals surface area contributed by atoms with Gasteiger partial charge in [0.2, 0.25) is 11.8 Å². The van der Waals surface area contributed by atoms with Crippen LogP contribution in [0.25, 0.3) is 0 Å². The molecule has 1 N–H and O–H groups in total. The third-order valence-electron chi connectivity index (χ3n) is 7.57. The lowest BCUT2D eigenvalue weighted by Gasteiger charge is -2.34. The molecule has 0 saturated carbocycles. The van der Waals surface area contributed by atoms with Crippen molar-refractivity contribution < 1.29 is 18.0 Å². The van der Waals surface area contributed by atoms with Crippen molar-refractivity contribution >= 4 is 27.5 Å². The van der Waals surface area contributed by atoms with Crippen molar-refractivity contribution in [2.75, 3.05) is 17.9 Å². The largest absolute Gasteiger partial charge is 0.357 e. The topological polar surface area (TPSA) is 86.8 Å². The summed E-state index contributed by atoms with van der Waals surface area (Å²) < 4.78 is 29.4. The van der Waals surface area contributed by atoms with Crippen molar-refractivity contribution in [1.82, 2.24) is 10.2 Å². The first-order valence-electron chi connectivity index (χ1n) is 13.9. The Bertz CT molecular complexity index is 1640. The first-order valence-corrected chi connectivity index (χ1v) is 15.3. The average Bonchev–Trinajstić information content (AvgIpc) is 3.00. The zero-order valence-electron chi connectivity index (χ0n) is 24.4. The predicted molar refractivity (Wildman–Crippen MR) is 167 cm³/mol. The Labute approximate surface area is 248 Å². The average molecular weight is 584 g/mol. The first-order chi connectivity index (χ1) is 20.1. The van der Waals surface area contributed by atoms with Crippen LogP contribution in [0.5, 0.6) is 0 Å². The second-order valence-electron chi connectivity index (χ2n) is 10.3. The van der Waals surface area contributed by atoms with E-state index in [0.29, 0.717) is 5.69 Å². The molecule has 0 heterocycles. The third-order valence-corrected chi connectivity index (χ3v) is 9.35. The molecule has 4 aromatic carbocycles. The Hall–Kier alpha value is -4.43. The van der Waals surface area contributed by atoms with Crippen molar-refractivity contribution in [2.24, 2.45) is 0 Å². The summed E-state index contributed by atoms with van der Waals surface area (Å²) in [5.41, 5.74) is 4.80. The fraction of sp³-hybridized carbons (Fsp3) is 0.235. The van der Waals surface area contributed by atoms with E-state index in [0.717, 1.165) is 27.8 Å². The molecule has 42 heavy (non-hydrogen) atoms. The fourth-order valence-corrected chi connectivity index (χ4v) is 6.42. The van der Waals surface area contributed by atoms with E-state index in [1.807, 2.05) is 81.4 Å². The van der Waals surface area contributed by atoms with Gasteiger partial charge in [0.05, 0.1) is 10.6 Å². The number of nitrogens with one attached hydrogen (secondary N) is 1. The number of hydrogen-bond acceptors (Lipinski definition) is 4. The van der Waals surface area contributed by atoms with Crippen LogP contribution in [0.15, 0.2) is 108 Å². The van der Waals surface area contributed by atoms with Crippen LogP contribution in [0.1, 0.15) is 27.8 Å². The third kappa shape index (κ3) is 6.89. The molecule has 0 saturated heterocycles. The summed E-state index contributed by atoms with van der Waals surface area (Å²) in [6, 6.07) is 29.8. The van der Waals surface area contributed by atoms with Gasteiger partial charge in [-0.3, -0.25) is 13.9 Å². The summed E-state index contributed by atoms with van der Waals surface area (Å²) >= 11 is 0. The van der Waals surface area contributed by atoms with Crippen LogP contribution < -0.4 is 9.62 Å². The molecule has 0 aliphatic rings. The lowest BCUT2D eigenvalue weighted by molar-refractivity contribution is -0.139. The van der Waals surface area contributed by atoms with E-state index in [2.05, 4.69) is 5.32 Å². The number of amides is 2. The highest BCUT2D eigenvalue weighted by Crippen LogP contribution is 2.29. The summed E-state index contributed by atoms with van der Waals surface area (Å²) in [6.45, 7) is 5.36. The highest BCUT2D eigenvalue weighted by Gasteiger charge is 2.35. The van der Waals surface area contributed by atoms with Crippen LogP contribution in [0.4, 0.5) is 5.69 Å². The smallest absolute Gasteiger partial charge is 0.264 e. The van der Waals surface area contributed by atoms with Crippen molar-refractivity contribution in [3.63, 3.8) is 0 Å². The lowest BCUT2D eigenvalue weighted by Crippen LogP contribution is -2.53. The molecular weight excluding hydrogens is 546 g/mol. The minimum absolute atomic E-state index is 0.0799. The molecule has 0 aliphatic carbocycles. The molecule has 0 bridgehead atoms. The first kappa shape index (κ1) is 30.5. The molecular formula is C34H37N3O4S. The number of carbonyl (C=O) groups is 2. The number of anilines is 1. The maximum Gasteiger partial charge on any atom is 0.264 e. The van der Waals surface area contributed by atoms with Crippen LogP contribution in [0.2, 0.25) is 0 Å². The number of rotatable bonds is 11. The van der Waals surface area contributed by atoms with E-state index in [-0.39, 0.29) is 23.8 Å². The Morgan fingerprint density at radius 1 is 0.762 bits per heavy atom. The van der Waals surface area contributed by atoms with E-state index in [4.69, 9.17) is 0 Å². The Morgan fingerprint density at radius 2 is 1.36 bits per heavy atom. The quantitative estimate of drug-likeness (QED) is 0.263. The van der Waals surface area contributed by atoms with Crippen molar-refractivity contribution in [1.29, 1.82) is 0 Å². The zero-order valence-corrected chi connectivity index (χ0v) is 25.3. The van der Waals surface area contributed by atoms with E-state index in [1.165, 1.54) is 21.3 Å². The summed E-state index contributed by atoms with van der Waals surface area (Å²) in [6.07, 6.45) is 0.271. The maximum atomic E-state index is 14.4. The van der Waals surface area contributed by atoms with Gasteiger partial charge in [0, 0.05) is 20.0 Å². The molecule has 0 spiro atoms. The van der Waals surface area contributed by atoms with Gasteiger partial charge in [-0.05, 0) is 66.8 Å². The Morgan fingerprint density at radius 3 is 2.00 bits per heavy atom. The molecule has 0 aromatic heterocycles. The molecule has 0 unspecified atom stereocenters. The van der Waals surface area contributed by atoms with E-state index < -0.39 is 28.5 Å². The molecule has 7 nitrogen and oxygen atoms in total. The minimum Gasteiger partial charge on any atom is -0.357 e.